The third kappa shape index (κ3) is 5.65. The Morgan fingerprint density at radius 2 is 2.43 bits per heavy atom. The molecule has 0 amide bonds. The summed E-state index contributed by atoms with van der Waals surface area (Å²) in [4.78, 5) is 0. The molecule has 0 aromatic carbocycles. The average Bonchev–Trinajstić information content (AvgIpc) is 1.30. The van der Waals surface area contributed by atoms with Crippen LogP contribution in [0.2, 0.25) is 0 Å². The van der Waals surface area contributed by atoms with E-state index >= 15 is 0 Å². The summed E-state index contributed by atoms with van der Waals surface area (Å²) in [6.07, 6.45) is 2.04. The van der Waals surface area contributed by atoms with E-state index in [1.54, 1.807) is 0 Å². The Kier molecular flexibility index (Phi) is 1.98. The van der Waals surface area contributed by atoms with Crippen LogP contribution < -0.4 is 0 Å². The molecule has 0 saturated heterocycles. The summed E-state index contributed by atoms with van der Waals surface area (Å²) in [6, 6.07) is 0. The first-order chi connectivity index (χ1) is 3.06. The summed E-state index contributed by atoms with van der Waals surface area (Å²) in [5.74, 6) is 0. The first-order valence-corrected chi connectivity index (χ1v) is 3.68. The second kappa shape index (κ2) is 2.09. The predicted octanol–water partition coefficient (Wildman–Crippen LogP) is 0.181. The maximum absolute atomic E-state index is 10.1. The molecule has 0 saturated carbocycles. The standard InChI is InChI=1S/C3H8O3S/c1-3-6-7(2,4)5/h3,7H,1H2,2H3,(H,4,5). The molecule has 3 nitrogen and oxygen atoms in total. The van der Waals surface area contributed by atoms with E-state index in [0.29, 0.717) is 0 Å². The zero-order valence-electron chi connectivity index (χ0n) is 4.00. The van der Waals surface area contributed by atoms with Crippen LogP contribution in [0.4, 0.5) is 0 Å². The molecule has 0 aromatic rings. The molecule has 0 radical (unpaired) electrons. The van der Waals surface area contributed by atoms with Crippen molar-refractivity contribution in [2.45, 2.75) is 0 Å². The maximum Gasteiger partial charge on any atom is 0.107 e. The zero-order valence-corrected chi connectivity index (χ0v) is 4.89. The van der Waals surface area contributed by atoms with Crippen molar-refractivity contribution >= 4 is 10.5 Å². The van der Waals surface area contributed by atoms with Crippen LogP contribution in [0.25, 0.3) is 0 Å². The van der Waals surface area contributed by atoms with Gasteiger partial charge in [-0.25, -0.2) is 4.21 Å². The monoisotopic (exact) mass is 124 g/mol. The van der Waals surface area contributed by atoms with Gasteiger partial charge in [0.2, 0.25) is 0 Å². The lowest BCUT2D eigenvalue weighted by molar-refractivity contribution is 0.400. The van der Waals surface area contributed by atoms with Crippen molar-refractivity contribution in [3.63, 3.8) is 0 Å². The van der Waals surface area contributed by atoms with E-state index in [9.17, 15) is 4.21 Å². The van der Waals surface area contributed by atoms with Gasteiger partial charge in [0.05, 0.1) is 6.26 Å². The summed E-state index contributed by atoms with van der Waals surface area (Å²) >= 11 is 0. The van der Waals surface area contributed by atoms with Crippen molar-refractivity contribution in [1.29, 1.82) is 0 Å². The average molecular weight is 124 g/mol. The smallest absolute Gasteiger partial charge is 0.107 e. The predicted molar refractivity (Wildman–Crippen MR) is 29.4 cm³/mol. The van der Waals surface area contributed by atoms with Crippen LogP contribution in [-0.4, -0.2) is 15.0 Å². The highest BCUT2D eigenvalue weighted by molar-refractivity contribution is 7.92. The lowest BCUT2D eigenvalue weighted by atomic mass is 11.2. The molecule has 0 bridgehead atoms. The maximum atomic E-state index is 10.1. The SMILES string of the molecule is C=CO[SH](C)(=O)O. The van der Waals surface area contributed by atoms with Gasteiger partial charge in [-0.2, -0.15) is 0 Å². The van der Waals surface area contributed by atoms with E-state index in [2.05, 4.69) is 10.8 Å². The largest absolute Gasteiger partial charge is 0.414 e. The van der Waals surface area contributed by atoms with Gasteiger partial charge < -0.3 is 8.74 Å². The molecular weight excluding hydrogens is 116 g/mol. The minimum atomic E-state index is -3.28. The van der Waals surface area contributed by atoms with Gasteiger partial charge >= 0.3 is 0 Å². The molecule has 0 aromatic heterocycles. The molecule has 0 heterocycles. The summed E-state index contributed by atoms with van der Waals surface area (Å²) in [5, 5.41) is 0. The van der Waals surface area contributed by atoms with E-state index in [1.165, 1.54) is 0 Å². The molecule has 0 unspecified atom stereocenters. The third-order valence-corrected chi connectivity index (χ3v) is 0.810. The fraction of sp³-hybridized carbons (Fsp3) is 0.333. The molecule has 0 atom stereocenters. The summed E-state index contributed by atoms with van der Waals surface area (Å²) in [6.45, 7) is 3.09. The minimum absolute atomic E-state index is 0.945. The van der Waals surface area contributed by atoms with Crippen molar-refractivity contribution in [3.05, 3.63) is 12.8 Å². The molecule has 0 rings (SSSR count). The Labute approximate surface area is 43.4 Å². The fourth-order valence-corrected chi connectivity index (χ4v) is 0.415. The first-order valence-electron chi connectivity index (χ1n) is 1.66. The van der Waals surface area contributed by atoms with Gasteiger partial charge in [-0.05, 0) is 0 Å². The molecule has 7 heavy (non-hydrogen) atoms. The highest BCUT2D eigenvalue weighted by Crippen LogP contribution is 1.92. The molecular formula is C3H8O3S. The Balaban J connectivity index is 3.57. The van der Waals surface area contributed by atoms with E-state index in [-0.39, 0.29) is 0 Å². The zero-order chi connectivity index (χ0) is 5.91. The topological polar surface area (TPSA) is 46.5 Å². The normalized spacial score (nSPS) is 12.9. The Morgan fingerprint density at radius 1 is 2.00 bits per heavy atom. The van der Waals surface area contributed by atoms with Crippen LogP contribution in [0.1, 0.15) is 0 Å². The Morgan fingerprint density at radius 3 is 2.43 bits per heavy atom. The molecule has 1 N–H and O–H groups in total. The van der Waals surface area contributed by atoms with Crippen LogP contribution in [0.5, 0.6) is 0 Å². The van der Waals surface area contributed by atoms with E-state index in [1.807, 2.05) is 0 Å². The van der Waals surface area contributed by atoms with Crippen molar-refractivity contribution in [2.24, 2.45) is 0 Å². The van der Waals surface area contributed by atoms with Gasteiger partial charge in [0, 0.05) is 6.26 Å². The van der Waals surface area contributed by atoms with Crippen LogP contribution in [0.3, 0.4) is 0 Å². The van der Waals surface area contributed by atoms with Gasteiger partial charge in [0.25, 0.3) is 0 Å². The van der Waals surface area contributed by atoms with Gasteiger partial charge in [-0.1, -0.05) is 6.58 Å². The first kappa shape index (κ1) is 6.65. The van der Waals surface area contributed by atoms with Crippen LogP contribution in [-0.2, 0) is 14.7 Å². The van der Waals surface area contributed by atoms with E-state index in [0.717, 1.165) is 12.5 Å². The molecule has 0 aliphatic rings. The Bertz CT molecular complexity index is 103. The highest BCUT2D eigenvalue weighted by Gasteiger charge is 1.92. The Hall–Kier alpha value is -0.350. The van der Waals surface area contributed by atoms with Crippen molar-refractivity contribution in [3.8, 4) is 0 Å². The van der Waals surface area contributed by atoms with Crippen molar-refractivity contribution < 1.29 is 12.9 Å². The number of thiol groups is 1. The minimum Gasteiger partial charge on any atom is -0.414 e. The molecule has 0 aliphatic carbocycles. The second-order valence-corrected chi connectivity index (χ2v) is 2.89. The number of rotatable bonds is 2. The van der Waals surface area contributed by atoms with Crippen LogP contribution in [0.15, 0.2) is 12.8 Å². The molecule has 4 heteroatoms. The molecule has 0 fully saturated rings. The summed E-state index contributed by atoms with van der Waals surface area (Å²) in [7, 11) is -3.28. The number of hydrogen-bond donors (Lipinski definition) is 2. The summed E-state index contributed by atoms with van der Waals surface area (Å²) in [5.41, 5.74) is 0. The molecule has 0 aliphatic heterocycles. The highest BCUT2D eigenvalue weighted by atomic mass is 32.3. The second-order valence-electron chi connectivity index (χ2n) is 1.08. The molecule has 0 spiro atoms. The van der Waals surface area contributed by atoms with Gasteiger partial charge in [-0.3, -0.25) is 0 Å². The summed E-state index contributed by atoms with van der Waals surface area (Å²) < 4.78 is 22.5. The van der Waals surface area contributed by atoms with Crippen molar-refractivity contribution in [1.82, 2.24) is 0 Å². The van der Waals surface area contributed by atoms with Crippen LogP contribution in [0, 0.1) is 0 Å². The quantitative estimate of drug-likeness (QED) is 0.408. The van der Waals surface area contributed by atoms with Crippen molar-refractivity contribution in [2.75, 3.05) is 6.26 Å². The lowest BCUT2D eigenvalue weighted by Crippen LogP contribution is -2.06. The lowest BCUT2D eigenvalue weighted by Gasteiger charge is -2.07. The molecule has 44 valence electrons. The van der Waals surface area contributed by atoms with E-state index < -0.39 is 10.5 Å². The van der Waals surface area contributed by atoms with Crippen LogP contribution >= 0.6 is 0 Å². The fourth-order valence-electron chi connectivity index (χ4n) is 0.138. The number of hydrogen-bond acceptors (Lipinski definition) is 2. The van der Waals surface area contributed by atoms with Gasteiger partial charge in [0.1, 0.15) is 10.5 Å². The van der Waals surface area contributed by atoms with E-state index in [4.69, 9.17) is 4.55 Å². The van der Waals surface area contributed by atoms with Gasteiger partial charge in [0.15, 0.2) is 0 Å². The van der Waals surface area contributed by atoms with Gasteiger partial charge in [-0.15, -0.1) is 0 Å². The third-order valence-electron chi connectivity index (χ3n) is 0.270.